The van der Waals surface area contributed by atoms with Crippen LogP contribution in [0.5, 0.6) is 0 Å². The van der Waals surface area contributed by atoms with E-state index in [0.717, 1.165) is 18.6 Å². The molecule has 20 heavy (non-hydrogen) atoms. The van der Waals surface area contributed by atoms with E-state index in [1.54, 1.807) is 6.26 Å². The van der Waals surface area contributed by atoms with Crippen LogP contribution in [-0.4, -0.2) is 12.1 Å². The van der Waals surface area contributed by atoms with Crippen molar-refractivity contribution in [3.05, 3.63) is 35.3 Å². The molecule has 108 valence electrons. The van der Waals surface area contributed by atoms with E-state index in [2.05, 4.69) is 32.9 Å². The van der Waals surface area contributed by atoms with Gasteiger partial charge in [-0.3, -0.25) is 4.79 Å². The predicted molar refractivity (Wildman–Crippen MR) is 76.3 cm³/mol. The van der Waals surface area contributed by atoms with Gasteiger partial charge in [0.25, 0.3) is 0 Å². The van der Waals surface area contributed by atoms with Crippen LogP contribution < -0.4 is 0 Å². The van der Waals surface area contributed by atoms with Crippen molar-refractivity contribution in [2.24, 2.45) is 11.8 Å². The SMILES string of the molecule is CC(=O)O[C@@H]1C[C@H]2[C@@H](C=C1C)Cc1ccoc1C2(C)C. The molecule has 2 aliphatic rings. The average molecular weight is 274 g/mol. The first-order valence-electron chi connectivity index (χ1n) is 7.32. The molecule has 3 heteroatoms. The van der Waals surface area contributed by atoms with Crippen molar-refractivity contribution < 1.29 is 13.9 Å². The van der Waals surface area contributed by atoms with Crippen molar-refractivity contribution in [3.8, 4) is 0 Å². The van der Waals surface area contributed by atoms with Crippen LogP contribution in [0.15, 0.2) is 28.4 Å². The maximum absolute atomic E-state index is 11.3. The predicted octanol–water partition coefficient (Wildman–Crippen LogP) is 3.63. The molecule has 1 aromatic heterocycles. The summed E-state index contributed by atoms with van der Waals surface area (Å²) in [5.41, 5.74) is 2.49. The summed E-state index contributed by atoms with van der Waals surface area (Å²) >= 11 is 0. The fraction of sp³-hybridized carbons (Fsp3) is 0.588. The molecule has 0 aliphatic heterocycles. The smallest absolute Gasteiger partial charge is 0.303 e. The van der Waals surface area contributed by atoms with Crippen molar-refractivity contribution in [1.82, 2.24) is 0 Å². The fourth-order valence-corrected chi connectivity index (χ4v) is 4.01. The molecule has 0 aromatic carbocycles. The highest BCUT2D eigenvalue weighted by Crippen LogP contribution is 2.50. The quantitative estimate of drug-likeness (QED) is 0.580. The summed E-state index contributed by atoms with van der Waals surface area (Å²) in [6.07, 6.45) is 5.94. The highest BCUT2D eigenvalue weighted by molar-refractivity contribution is 5.66. The third-order valence-electron chi connectivity index (χ3n) is 4.99. The number of furan rings is 1. The Labute approximate surface area is 120 Å². The molecule has 0 spiro atoms. The van der Waals surface area contributed by atoms with Crippen LogP contribution in [0.3, 0.4) is 0 Å². The van der Waals surface area contributed by atoms with Gasteiger partial charge in [-0.15, -0.1) is 0 Å². The normalized spacial score (nSPS) is 31.0. The molecule has 0 bridgehead atoms. The molecule has 0 radical (unpaired) electrons. The zero-order chi connectivity index (χ0) is 14.5. The first-order valence-corrected chi connectivity index (χ1v) is 7.32. The number of allylic oxidation sites excluding steroid dienone is 1. The second-order valence-electron chi connectivity index (χ2n) is 6.72. The van der Waals surface area contributed by atoms with E-state index in [4.69, 9.17) is 9.15 Å². The molecule has 0 N–H and O–H groups in total. The molecule has 3 rings (SSSR count). The Morgan fingerprint density at radius 2 is 2.20 bits per heavy atom. The van der Waals surface area contributed by atoms with Crippen molar-refractivity contribution in [2.45, 2.75) is 52.1 Å². The Balaban J connectivity index is 1.96. The topological polar surface area (TPSA) is 39.4 Å². The van der Waals surface area contributed by atoms with E-state index in [9.17, 15) is 4.79 Å². The highest BCUT2D eigenvalue weighted by atomic mass is 16.5. The third kappa shape index (κ3) is 2.00. The maximum Gasteiger partial charge on any atom is 0.303 e. The number of fused-ring (bicyclic) bond motifs is 2. The number of carbonyl (C=O) groups is 1. The zero-order valence-corrected chi connectivity index (χ0v) is 12.6. The molecule has 3 atom stereocenters. The second-order valence-corrected chi connectivity index (χ2v) is 6.72. The molecule has 1 aromatic rings. The number of carbonyl (C=O) groups excluding carboxylic acids is 1. The van der Waals surface area contributed by atoms with E-state index < -0.39 is 0 Å². The zero-order valence-electron chi connectivity index (χ0n) is 12.6. The summed E-state index contributed by atoms with van der Waals surface area (Å²) in [6, 6.07) is 2.09. The molecule has 3 nitrogen and oxygen atoms in total. The molecule has 0 unspecified atom stereocenters. The first kappa shape index (κ1) is 13.5. The van der Waals surface area contributed by atoms with Crippen molar-refractivity contribution >= 4 is 5.97 Å². The van der Waals surface area contributed by atoms with E-state index >= 15 is 0 Å². The summed E-state index contributed by atoms with van der Waals surface area (Å²) in [7, 11) is 0. The summed E-state index contributed by atoms with van der Waals surface area (Å²) < 4.78 is 11.2. The van der Waals surface area contributed by atoms with Crippen LogP contribution in [0.1, 0.15) is 45.4 Å². The largest absolute Gasteiger partial charge is 0.468 e. The number of ether oxygens (including phenoxy) is 1. The van der Waals surface area contributed by atoms with E-state index in [1.807, 2.05) is 0 Å². The number of rotatable bonds is 1. The third-order valence-corrected chi connectivity index (χ3v) is 4.99. The number of hydrogen-bond donors (Lipinski definition) is 0. The number of hydrogen-bond acceptors (Lipinski definition) is 3. The van der Waals surface area contributed by atoms with Gasteiger partial charge in [-0.2, -0.15) is 0 Å². The summed E-state index contributed by atoms with van der Waals surface area (Å²) in [4.78, 5) is 11.3. The second kappa shape index (κ2) is 4.51. The van der Waals surface area contributed by atoms with Crippen LogP contribution in [0.4, 0.5) is 0 Å². The molecular weight excluding hydrogens is 252 g/mol. The van der Waals surface area contributed by atoms with Gasteiger partial charge in [-0.25, -0.2) is 0 Å². The van der Waals surface area contributed by atoms with Gasteiger partial charge in [-0.05, 0) is 48.8 Å². The van der Waals surface area contributed by atoms with Gasteiger partial charge < -0.3 is 9.15 Å². The van der Waals surface area contributed by atoms with E-state index in [-0.39, 0.29) is 17.5 Å². The lowest BCUT2D eigenvalue weighted by molar-refractivity contribution is -0.146. The Bertz CT molecular complexity index is 565. The summed E-state index contributed by atoms with van der Waals surface area (Å²) in [6.45, 7) is 8.04. The van der Waals surface area contributed by atoms with Gasteiger partial charge in [0.1, 0.15) is 11.9 Å². The first-order chi connectivity index (χ1) is 9.39. The molecule has 0 saturated carbocycles. The Hall–Kier alpha value is -1.51. The molecule has 0 fully saturated rings. The van der Waals surface area contributed by atoms with Crippen LogP contribution in [0, 0.1) is 11.8 Å². The van der Waals surface area contributed by atoms with Crippen molar-refractivity contribution in [2.75, 3.05) is 0 Å². The minimum Gasteiger partial charge on any atom is -0.468 e. The van der Waals surface area contributed by atoms with E-state index in [0.29, 0.717) is 11.8 Å². The average Bonchev–Trinajstić information content (AvgIpc) is 2.80. The van der Waals surface area contributed by atoms with Gasteiger partial charge in [0, 0.05) is 12.3 Å². The molecule has 1 heterocycles. The maximum atomic E-state index is 11.3. The Kier molecular flexibility index (Phi) is 3.03. The van der Waals surface area contributed by atoms with Crippen LogP contribution >= 0.6 is 0 Å². The molecule has 0 amide bonds. The highest BCUT2D eigenvalue weighted by Gasteiger charge is 2.47. The van der Waals surface area contributed by atoms with Gasteiger partial charge in [0.15, 0.2) is 0 Å². The molecular formula is C17H22O3. The Morgan fingerprint density at radius 3 is 2.90 bits per heavy atom. The summed E-state index contributed by atoms with van der Waals surface area (Å²) in [5.74, 6) is 1.87. The standard InChI is InChI=1S/C17H22O3/c1-10-7-13-8-12-5-6-19-16(12)17(3,4)14(13)9-15(10)20-11(2)18/h5-7,13-15H,8-9H2,1-4H3/t13-,14-,15+/m0/s1. The molecule has 2 aliphatic carbocycles. The van der Waals surface area contributed by atoms with Gasteiger partial charge in [0.2, 0.25) is 0 Å². The number of esters is 1. The van der Waals surface area contributed by atoms with Crippen molar-refractivity contribution in [1.29, 1.82) is 0 Å². The summed E-state index contributed by atoms with van der Waals surface area (Å²) in [5, 5.41) is 0. The lowest BCUT2D eigenvalue weighted by Gasteiger charge is -2.46. The Morgan fingerprint density at radius 1 is 1.45 bits per heavy atom. The lowest BCUT2D eigenvalue weighted by Crippen LogP contribution is -2.44. The van der Waals surface area contributed by atoms with Gasteiger partial charge >= 0.3 is 5.97 Å². The van der Waals surface area contributed by atoms with E-state index in [1.165, 1.54) is 18.1 Å². The van der Waals surface area contributed by atoms with Crippen LogP contribution in [0.25, 0.3) is 0 Å². The van der Waals surface area contributed by atoms with Crippen molar-refractivity contribution in [3.63, 3.8) is 0 Å². The lowest BCUT2D eigenvalue weighted by atomic mass is 9.59. The van der Waals surface area contributed by atoms with Gasteiger partial charge in [-0.1, -0.05) is 19.9 Å². The minimum absolute atomic E-state index is 0.0165. The van der Waals surface area contributed by atoms with Gasteiger partial charge in [0.05, 0.1) is 6.26 Å². The van der Waals surface area contributed by atoms with Crippen LogP contribution in [-0.2, 0) is 21.4 Å². The molecule has 0 saturated heterocycles. The monoisotopic (exact) mass is 274 g/mol. The van der Waals surface area contributed by atoms with Crippen LogP contribution in [0.2, 0.25) is 0 Å². The fourth-order valence-electron chi connectivity index (χ4n) is 4.01. The minimum atomic E-state index is -0.200.